The van der Waals surface area contributed by atoms with Crippen molar-refractivity contribution in [1.82, 2.24) is 4.31 Å². The van der Waals surface area contributed by atoms with Crippen molar-refractivity contribution in [3.8, 4) is 0 Å². The predicted molar refractivity (Wildman–Crippen MR) is 77.9 cm³/mol. The number of hydrogen-bond donors (Lipinski definition) is 0. The lowest BCUT2D eigenvalue weighted by atomic mass is 9.91. The average Bonchev–Trinajstić information content (AvgIpc) is 2.85. The molecule has 2 unspecified atom stereocenters. The van der Waals surface area contributed by atoms with Crippen LogP contribution in [0.1, 0.15) is 25.7 Å². The minimum absolute atomic E-state index is 0.0153. The zero-order chi connectivity index (χ0) is 13.5. The summed E-state index contributed by atoms with van der Waals surface area (Å²) in [6.07, 6.45) is 4.19. The van der Waals surface area contributed by atoms with E-state index in [-0.39, 0.29) is 12.1 Å². The molecule has 3 rings (SSSR count). The van der Waals surface area contributed by atoms with Crippen LogP contribution in [-0.2, 0) is 14.8 Å². The van der Waals surface area contributed by atoms with E-state index in [9.17, 15) is 8.42 Å². The Morgan fingerprint density at radius 1 is 1.37 bits per heavy atom. The number of fused-ring (bicyclic) bond motifs is 1. The maximum atomic E-state index is 12.8. The molecule has 19 heavy (non-hydrogen) atoms. The van der Waals surface area contributed by atoms with Crippen LogP contribution >= 0.6 is 27.3 Å². The van der Waals surface area contributed by atoms with E-state index in [2.05, 4.69) is 15.9 Å². The molecule has 0 spiro atoms. The molecule has 0 aromatic carbocycles. The molecule has 2 fully saturated rings. The van der Waals surface area contributed by atoms with Gasteiger partial charge >= 0.3 is 0 Å². The standard InChI is InChI=1S/C12H16BrNO3S2/c13-9-5-8-18-12(9)19(15,16)14-6-7-17-11-4-2-1-3-10(11)14/h5,8,10-11H,1-4,6-7H2. The van der Waals surface area contributed by atoms with Gasteiger partial charge in [0, 0.05) is 11.0 Å². The number of hydrogen-bond acceptors (Lipinski definition) is 4. The van der Waals surface area contributed by atoms with Crippen molar-refractivity contribution in [2.24, 2.45) is 0 Å². The number of halogens is 1. The topological polar surface area (TPSA) is 46.6 Å². The third-order valence-corrected chi connectivity index (χ3v) is 8.38. The van der Waals surface area contributed by atoms with Gasteiger partial charge in [-0.1, -0.05) is 12.8 Å². The van der Waals surface area contributed by atoms with Crippen LogP contribution in [0.4, 0.5) is 0 Å². The highest BCUT2D eigenvalue weighted by atomic mass is 79.9. The predicted octanol–water partition coefficient (Wildman–Crippen LogP) is 2.84. The van der Waals surface area contributed by atoms with E-state index < -0.39 is 10.0 Å². The van der Waals surface area contributed by atoms with Gasteiger partial charge in [0.25, 0.3) is 10.0 Å². The molecule has 106 valence electrons. The summed E-state index contributed by atoms with van der Waals surface area (Å²) in [4.78, 5) is 0. The highest BCUT2D eigenvalue weighted by Crippen LogP contribution is 2.36. The van der Waals surface area contributed by atoms with Gasteiger partial charge < -0.3 is 4.74 Å². The van der Waals surface area contributed by atoms with Crippen molar-refractivity contribution in [1.29, 1.82) is 0 Å². The van der Waals surface area contributed by atoms with Crippen LogP contribution in [0.3, 0.4) is 0 Å². The Morgan fingerprint density at radius 3 is 2.89 bits per heavy atom. The van der Waals surface area contributed by atoms with E-state index in [1.165, 1.54) is 11.3 Å². The van der Waals surface area contributed by atoms with Gasteiger partial charge in [0.05, 0.1) is 18.8 Å². The lowest BCUT2D eigenvalue weighted by molar-refractivity contribution is -0.0585. The summed E-state index contributed by atoms with van der Waals surface area (Å²) in [6, 6.07) is 1.80. The van der Waals surface area contributed by atoms with Crippen molar-refractivity contribution in [2.75, 3.05) is 13.2 Å². The fourth-order valence-corrected chi connectivity index (χ4v) is 7.02. The Bertz CT molecular complexity index is 555. The van der Waals surface area contributed by atoms with Gasteiger partial charge in [-0.15, -0.1) is 11.3 Å². The summed E-state index contributed by atoms with van der Waals surface area (Å²) < 4.78 is 34.0. The van der Waals surface area contributed by atoms with Gasteiger partial charge in [-0.05, 0) is 40.2 Å². The average molecular weight is 366 g/mol. The van der Waals surface area contributed by atoms with E-state index >= 15 is 0 Å². The molecule has 1 aliphatic carbocycles. The molecule has 2 atom stereocenters. The number of rotatable bonds is 2. The van der Waals surface area contributed by atoms with Gasteiger partial charge in [-0.2, -0.15) is 4.31 Å². The monoisotopic (exact) mass is 365 g/mol. The second-order valence-corrected chi connectivity index (χ2v) is 8.79. The lowest BCUT2D eigenvalue weighted by Gasteiger charge is -2.42. The second-order valence-electron chi connectivity index (χ2n) is 4.93. The third-order valence-electron chi connectivity index (χ3n) is 3.81. The van der Waals surface area contributed by atoms with Crippen LogP contribution in [0.25, 0.3) is 0 Å². The summed E-state index contributed by atoms with van der Waals surface area (Å²) in [7, 11) is -3.39. The summed E-state index contributed by atoms with van der Waals surface area (Å²) >= 11 is 4.60. The van der Waals surface area contributed by atoms with E-state index in [1.807, 2.05) is 0 Å². The molecule has 2 heterocycles. The van der Waals surface area contributed by atoms with E-state index in [0.717, 1.165) is 25.7 Å². The highest BCUT2D eigenvalue weighted by molar-refractivity contribution is 9.10. The van der Waals surface area contributed by atoms with Gasteiger partial charge in [-0.25, -0.2) is 8.42 Å². The summed E-state index contributed by atoms with van der Waals surface area (Å²) in [6.45, 7) is 0.969. The third kappa shape index (κ3) is 2.51. The molecule has 1 aliphatic heterocycles. The zero-order valence-corrected chi connectivity index (χ0v) is 13.6. The second kappa shape index (κ2) is 5.44. The molecular formula is C12H16BrNO3S2. The molecule has 7 heteroatoms. The molecule has 0 amide bonds. The summed E-state index contributed by atoms with van der Waals surface area (Å²) in [5.41, 5.74) is 0. The Labute approximate surface area is 125 Å². The zero-order valence-electron chi connectivity index (χ0n) is 10.4. The molecule has 4 nitrogen and oxygen atoms in total. The Balaban J connectivity index is 1.94. The van der Waals surface area contributed by atoms with E-state index in [0.29, 0.717) is 21.8 Å². The Hall–Kier alpha value is 0.0500. The van der Waals surface area contributed by atoms with Gasteiger partial charge in [0.15, 0.2) is 0 Å². The maximum absolute atomic E-state index is 12.8. The van der Waals surface area contributed by atoms with E-state index in [4.69, 9.17) is 4.74 Å². The van der Waals surface area contributed by atoms with Crippen molar-refractivity contribution in [3.63, 3.8) is 0 Å². The van der Waals surface area contributed by atoms with Gasteiger partial charge in [0.1, 0.15) is 4.21 Å². The first-order valence-corrected chi connectivity index (χ1v) is 9.58. The number of thiophene rings is 1. The number of morpholine rings is 1. The maximum Gasteiger partial charge on any atom is 0.254 e. The highest BCUT2D eigenvalue weighted by Gasteiger charge is 2.41. The largest absolute Gasteiger partial charge is 0.375 e. The molecule has 1 saturated carbocycles. The van der Waals surface area contributed by atoms with Crippen molar-refractivity contribution in [3.05, 3.63) is 15.9 Å². The molecule has 2 aliphatic rings. The van der Waals surface area contributed by atoms with Crippen molar-refractivity contribution < 1.29 is 13.2 Å². The number of nitrogens with zero attached hydrogens (tertiary/aromatic N) is 1. The smallest absolute Gasteiger partial charge is 0.254 e. The normalized spacial score (nSPS) is 29.1. The Morgan fingerprint density at radius 2 is 2.16 bits per heavy atom. The molecular weight excluding hydrogens is 350 g/mol. The molecule has 1 saturated heterocycles. The van der Waals surface area contributed by atoms with Crippen LogP contribution < -0.4 is 0 Å². The molecule has 0 radical (unpaired) electrons. The van der Waals surface area contributed by atoms with Gasteiger partial charge in [-0.3, -0.25) is 0 Å². The van der Waals surface area contributed by atoms with Gasteiger partial charge in [0.2, 0.25) is 0 Å². The minimum atomic E-state index is -3.39. The van der Waals surface area contributed by atoms with Crippen molar-refractivity contribution in [2.45, 2.75) is 42.0 Å². The minimum Gasteiger partial charge on any atom is -0.375 e. The number of sulfonamides is 1. The fraction of sp³-hybridized carbons (Fsp3) is 0.667. The Kier molecular flexibility index (Phi) is 4.01. The molecule has 1 aromatic heterocycles. The molecule has 0 bridgehead atoms. The summed E-state index contributed by atoms with van der Waals surface area (Å²) in [5.74, 6) is 0. The first-order chi connectivity index (χ1) is 9.10. The quantitative estimate of drug-likeness (QED) is 0.809. The van der Waals surface area contributed by atoms with Crippen LogP contribution in [0.2, 0.25) is 0 Å². The van der Waals surface area contributed by atoms with Crippen LogP contribution in [0.5, 0.6) is 0 Å². The van der Waals surface area contributed by atoms with Crippen LogP contribution in [0, 0.1) is 0 Å². The van der Waals surface area contributed by atoms with Crippen LogP contribution in [-0.4, -0.2) is 38.0 Å². The first kappa shape index (κ1) is 14.0. The van der Waals surface area contributed by atoms with E-state index in [1.54, 1.807) is 15.8 Å². The SMILES string of the molecule is O=S(=O)(c1sccc1Br)N1CCOC2CCCCC21. The summed E-state index contributed by atoms with van der Waals surface area (Å²) in [5, 5.41) is 1.80. The number of ether oxygens (including phenoxy) is 1. The fourth-order valence-electron chi connectivity index (χ4n) is 2.93. The van der Waals surface area contributed by atoms with Crippen molar-refractivity contribution >= 4 is 37.3 Å². The first-order valence-electron chi connectivity index (χ1n) is 6.47. The molecule has 0 N–H and O–H groups in total. The molecule has 1 aromatic rings. The lowest BCUT2D eigenvalue weighted by Crippen LogP contribution is -2.54. The van der Waals surface area contributed by atoms with Crippen LogP contribution in [0.15, 0.2) is 20.1 Å².